The van der Waals surface area contributed by atoms with Gasteiger partial charge in [-0.1, -0.05) is 55.5 Å². The minimum absolute atomic E-state index is 0.0678. The van der Waals surface area contributed by atoms with Crippen molar-refractivity contribution in [3.05, 3.63) is 83.4 Å². The molecule has 0 aromatic heterocycles. The molecule has 0 aliphatic rings. The van der Waals surface area contributed by atoms with Gasteiger partial charge in [0.2, 0.25) is 0 Å². The highest BCUT2D eigenvalue weighted by Gasteiger charge is 2.23. The van der Waals surface area contributed by atoms with Crippen LogP contribution in [-0.2, 0) is 17.9 Å². The fraction of sp³-hybridized carbons (Fsp3) is 0.310. The van der Waals surface area contributed by atoms with E-state index in [9.17, 15) is 9.59 Å². The second-order valence-electron chi connectivity index (χ2n) is 9.20. The van der Waals surface area contributed by atoms with E-state index in [0.29, 0.717) is 17.7 Å². The van der Waals surface area contributed by atoms with Crippen molar-refractivity contribution in [1.29, 1.82) is 0 Å². The van der Waals surface area contributed by atoms with Crippen LogP contribution < -0.4 is 20.7 Å². The Labute approximate surface area is 210 Å². The number of esters is 1. The molecule has 3 aromatic carbocycles. The summed E-state index contributed by atoms with van der Waals surface area (Å²) >= 11 is 0. The first-order chi connectivity index (χ1) is 16.7. The number of Topliss-reactive ketones (excluding diaryl/α,β-unsaturated/α-hetero) is 1. The molecule has 0 aliphatic heterocycles. The maximum atomic E-state index is 12.6. The highest BCUT2D eigenvalue weighted by atomic mass is 31.1. The van der Waals surface area contributed by atoms with Crippen LogP contribution in [0.2, 0.25) is 0 Å². The normalized spacial score (nSPS) is 11.3. The van der Waals surface area contributed by atoms with Crippen molar-refractivity contribution in [2.45, 2.75) is 33.4 Å². The highest BCUT2D eigenvalue weighted by molar-refractivity contribution is 7.80. The third-order valence-corrected chi connectivity index (χ3v) is 7.94. The van der Waals surface area contributed by atoms with Gasteiger partial charge in [-0.05, 0) is 76.0 Å². The number of carbonyl (C=O) groups excluding carboxylic acids is 2. The predicted octanol–water partition coefficient (Wildman–Crippen LogP) is 4.09. The summed E-state index contributed by atoms with van der Waals surface area (Å²) in [6, 6.07) is 22.7. The van der Waals surface area contributed by atoms with Gasteiger partial charge in [-0.25, -0.2) is 0 Å². The molecule has 184 valence electrons. The van der Waals surface area contributed by atoms with Crippen LogP contribution in [0.15, 0.2) is 66.7 Å². The Kier molecular flexibility index (Phi) is 9.33. The summed E-state index contributed by atoms with van der Waals surface area (Å²) in [6.45, 7) is 4.98. The van der Waals surface area contributed by atoms with E-state index in [1.807, 2.05) is 13.0 Å². The summed E-state index contributed by atoms with van der Waals surface area (Å²) in [5.74, 6) is 0.197. The molecule has 0 radical (unpaired) electrons. The lowest BCUT2D eigenvalue weighted by molar-refractivity contribution is -0.131. The van der Waals surface area contributed by atoms with E-state index in [1.165, 1.54) is 18.1 Å². The van der Waals surface area contributed by atoms with Crippen LogP contribution in [0.1, 0.15) is 41.8 Å². The van der Waals surface area contributed by atoms with Gasteiger partial charge in [0.15, 0.2) is 5.78 Å². The molecule has 3 rings (SSSR count). The zero-order valence-electron chi connectivity index (χ0n) is 21.5. The second-order valence-corrected chi connectivity index (χ2v) is 11.4. The molecule has 0 aliphatic carbocycles. The number of nitrogens with zero attached hydrogens (tertiary/aromatic N) is 2. The van der Waals surface area contributed by atoms with Gasteiger partial charge in [-0.2, -0.15) is 0 Å². The van der Waals surface area contributed by atoms with Crippen molar-refractivity contribution in [3.8, 4) is 5.75 Å². The quantitative estimate of drug-likeness (QED) is 0.186. The topological polar surface area (TPSA) is 49.9 Å². The number of ketones is 1. The van der Waals surface area contributed by atoms with E-state index >= 15 is 0 Å². The molecule has 0 N–H and O–H groups in total. The largest absolute Gasteiger partial charge is 0.426 e. The molecular formula is C29H35N2O3P. The number of benzene rings is 3. The van der Waals surface area contributed by atoms with Gasteiger partial charge in [0.1, 0.15) is 5.75 Å². The third-order valence-electron chi connectivity index (χ3n) is 5.48. The molecule has 0 atom stereocenters. The van der Waals surface area contributed by atoms with E-state index in [2.05, 4.69) is 86.5 Å². The maximum absolute atomic E-state index is 12.6. The Balaban J connectivity index is 2.17. The number of rotatable bonds is 10. The zero-order chi connectivity index (χ0) is 25.5. The van der Waals surface area contributed by atoms with E-state index in [1.54, 1.807) is 12.1 Å². The number of hydrogen-bond acceptors (Lipinski definition) is 5. The molecule has 6 heteroatoms. The molecule has 0 saturated carbocycles. The van der Waals surface area contributed by atoms with Crippen molar-refractivity contribution in [3.63, 3.8) is 0 Å². The molecule has 0 amide bonds. The lowest BCUT2D eigenvalue weighted by Crippen LogP contribution is -2.24. The number of carbonyl (C=O) groups is 2. The Morgan fingerprint density at radius 1 is 0.771 bits per heavy atom. The minimum atomic E-state index is -1.07. The third kappa shape index (κ3) is 7.32. The lowest BCUT2D eigenvalue weighted by atomic mass is 10.1. The van der Waals surface area contributed by atoms with Crippen molar-refractivity contribution in [2.75, 3.05) is 28.2 Å². The number of ether oxygens (including phenoxy) is 1. The average Bonchev–Trinajstić information content (AvgIpc) is 2.81. The first-order valence-corrected chi connectivity index (χ1v) is 13.1. The molecule has 35 heavy (non-hydrogen) atoms. The van der Waals surface area contributed by atoms with Gasteiger partial charge < -0.3 is 14.5 Å². The van der Waals surface area contributed by atoms with Gasteiger partial charge in [0.05, 0.1) is 0 Å². The first kappa shape index (κ1) is 26.7. The zero-order valence-corrected chi connectivity index (χ0v) is 22.4. The van der Waals surface area contributed by atoms with Gasteiger partial charge in [0, 0.05) is 37.3 Å². The number of hydrogen-bond donors (Lipinski definition) is 0. The maximum Gasteiger partial charge on any atom is 0.308 e. The molecule has 0 saturated heterocycles. The van der Waals surface area contributed by atoms with Crippen LogP contribution >= 0.6 is 7.92 Å². The SMILES string of the molecule is CCC(=O)c1ccc(OC(C)=O)c(P(c2ccc(CN(C)C)cc2)c2ccc(CN(C)C)cc2)c1. The Morgan fingerprint density at radius 2 is 1.26 bits per heavy atom. The molecule has 0 fully saturated rings. The summed E-state index contributed by atoms with van der Waals surface area (Å²) < 4.78 is 5.64. The standard InChI is InChI=1S/C29H35N2O3P/c1-7-27(33)24-12-17-28(34-21(2)32)29(18-24)35(25-13-8-22(9-14-25)19-30(3)4)26-15-10-23(11-16-26)20-31(5)6/h8-18H,7,19-20H2,1-6H3. The summed E-state index contributed by atoms with van der Waals surface area (Å²) in [7, 11) is 7.15. The fourth-order valence-electron chi connectivity index (χ4n) is 3.97. The van der Waals surface area contributed by atoms with Crippen LogP contribution in [-0.4, -0.2) is 49.7 Å². The van der Waals surface area contributed by atoms with Gasteiger partial charge in [-0.3, -0.25) is 9.59 Å². The Morgan fingerprint density at radius 3 is 1.66 bits per heavy atom. The molecule has 5 nitrogen and oxygen atoms in total. The van der Waals surface area contributed by atoms with Crippen LogP contribution in [0, 0.1) is 0 Å². The Hall–Kier alpha value is -2.85. The molecule has 0 heterocycles. The monoisotopic (exact) mass is 490 g/mol. The molecular weight excluding hydrogens is 455 g/mol. The smallest absolute Gasteiger partial charge is 0.308 e. The van der Waals surface area contributed by atoms with Gasteiger partial charge in [0.25, 0.3) is 0 Å². The van der Waals surface area contributed by atoms with Crippen LogP contribution in [0.5, 0.6) is 5.75 Å². The second kappa shape index (κ2) is 12.2. The predicted molar refractivity (Wildman–Crippen MR) is 146 cm³/mol. The van der Waals surface area contributed by atoms with Crippen LogP contribution in [0.25, 0.3) is 0 Å². The van der Waals surface area contributed by atoms with Crippen molar-refractivity contribution in [2.24, 2.45) is 0 Å². The van der Waals surface area contributed by atoms with Crippen molar-refractivity contribution in [1.82, 2.24) is 9.80 Å². The summed E-state index contributed by atoms with van der Waals surface area (Å²) in [4.78, 5) is 28.8. The first-order valence-electron chi connectivity index (χ1n) is 11.8. The summed E-state index contributed by atoms with van der Waals surface area (Å²) in [5.41, 5.74) is 3.09. The van der Waals surface area contributed by atoms with Crippen LogP contribution in [0.3, 0.4) is 0 Å². The summed E-state index contributed by atoms with van der Waals surface area (Å²) in [5, 5.41) is 3.14. The molecule has 0 bridgehead atoms. The fourth-order valence-corrected chi connectivity index (χ4v) is 6.33. The minimum Gasteiger partial charge on any atom is -0.426 e. The van der Waals surface area contributed by atoms with Crippen molar-refractivity contribution < 1.29 is 14.3 Å². The molecule has 3 aromatic rings. The highest BCUT2D eigenvalue weighted by Crippen LogP contribution is 2.37. The average molecular weight is 491 g/mol. The van der Waals surface area contributed by atoms with Gasteiger partial charge >= 0.3 is 5.97 Å². The van der Waals surface area contributed by atoms with E-state index in [4.69, 9.17) is 4.74 Å². The van der Waals surface area contributed by atoms with E-state index in [-0.39, 0.29) is 11.8 Å². The van der Waals surface area contributed by atoms with Gasteiger partial charge in [-0.15, -0.1) is 0 Å². The van der Waals surface area contributed by atoms with Crippen molar-refractivity contribution >= 4 is 35.6 Å². The van der Waals surface area contributed by atoms with E-state index in [0.717, 1.165) is 29.0 Å². The summed E-state index contributed by atoms with van der Waals surface area (Å²) in [6.07, 6.45) is 0.419. The van der Waals surface area contributed by atoms with Crippen LogP contribution in [0.4, 0.5) is 0 Å². The van der Waals surface area contributed by atoms with E-state index < -0.39 is 7.92 Å². The Bertz CT molecular complexity index is 1100. The molecule has 0 unspecified atom stereocenters. The lowest BCUT2D eigenvalue weighted by Gasteiger charge is -2.23. The molecule has 0 spiro atoms.